The number of amides is 1. The van der Waals surface area contributed by atoms with Crippen LogP contribution in [0.1, 0.15) is 28.9 Å². The molecule has 22 heavy (non-hydrogen) atoms. The van der Waals surface area contributed by atoms with Gasteiger partial charge in [-0.1, -0.05) is 6.42 Å². The summed E-state index contributed by atoms with van der Waals surface area (Å²) in [6.45, 7) is 0.912. The first-order chi connectivity index (χ1) is 10.6. The third kappa shape index (κ3) is 1.96. The van der Waals surface area contributed by atoms with Gasteiger partial charge in [-0.15, -0.1) is 11.3 Å². The molecule has 1 saturated carbocycles. The normalized spacial score (nSPS) is 27.3. The van der Waals surface area contributed by atoms with Crippen LogP contribution in [0.25, 0.3) is 0 Å². The van der Waals surface area contributed by atoms with E-state index in [4.69, 9.17) is 4.74 Å². The minimum atomic E-state index is -0.889. The number of carboxylic acid groups (broad SMARTS) is 1. The highest BCUT2D eigenvalue weighted by Gasteiger charge is 2.47. The Kier molecular flexibility index (Phi) is 3.34. The molecule has 118 valence electrons. The van der Waals surface area contributed by atoms with Gasteiger partial charge in [0.25, 0.3) is 5.91 Å². The molecule has 4 rings (SSSR count). The quantitative estimate of drug-likeness (QED) is 0.813. The van der Waals surface area contributed by atoms with Crippen LogP contribution in [-0.2, 0) is 4.79 Å². The smallest absolute Gasteiger partial charge is 0.328 e. The van der Waals surface area contributed by atoms with Crippen LogP contribution in [0.5, 0.6) is 5.75 Å². The minimum absolute atomic E-state index is 0.192. The van der Waals surface area contributed by atoms with Crippen molar-refractivity contribution in [3.63, 3.8) is 0 Å². The van der Waals surface area contributed by atoms with Crippen molar-refractivity contribution in [1.82, 2.24) is 5.32 Å². The lowest BCUT2D eigenvalue weighted by atomic mass is 9.76. The molecule has 2 N–H and O–H groups in total. The monoisotopic (exact) mass is 386 g/mol. The van der Waals surface area contributed by atoms with Crippen molar-refractivity contribution in [2.24, 2.45) is 5.92 Å². The molecule has 0 unspecified atom stereocenters. The minimum Gasteiger partial charge on any atom is -0.487 e. The van der Waals surface area contributed by atoms with E-state index in [0.717, 1.165) is 23.0 Å². The zero-order valence-corrected chi connectivity index (χ0v) is 14.1. The molecule has 1 aromatic rings. The second-order valence-corrected chi connectivity index (χ2v) is 8.24. The molecule has 2 atom stereocenters. The lowest BCUT2D eigenvalue weighted by Crippen LogP contribution is -2.59. The Bertz CT molecular complexity index is 658. The van der Waals surface area contributed by atoms with E-state index in [1.54, 1.807) is 0 Å². The van der Waals surface area contributed by atoms with Gasteiger partial charge in [0.15, 0.2) is 5.75 Å². The van der Waals surface area contributed by atoms with Gasteiger partial charge in [0.05, 0.1) is 12.6 Å². The van der Waals surface area contributed by atoms with Crippen molar-refractivity contribution in [3.05, 3.63) is 8.66 Å². The summed E-state index contributed by atoms with van der Waals surface area (Å²) in [5, 5.41) is 12.8. The van der Waals surface area contributed by atoms with Crippen LogP contribution in [0.4, 0.5) is 5.69 Å². The summed E-state index contributed by atoms with van der Waals surface area (Å²) in [5.74, 6) is -0.237. The number of ether oxygens (including phenoxy) is 1. The standard InChI is InChI=1S/C14H15BrN2O4S/c15-12-10-9-11(22-12)13(18)16-7(6-2-1-3-6)8(14(19)20)17(9)4-5-21-10/h6-8H,1-5H2,(H,16,18)(H,19,20)/t7-,8+/m0/s1. The molecule has 0 aromatic carbocycles. The first-order valence-electron chi connectivity index (χ1n) is 7.33. The summed E-state index contributed by atoms with van der Waals surface area (Å²) in [6, 6.07) is -1.08. The Hall–Kier alpha value is -1.28. The zero-order valence-electron chi connectivity index (χ0n) is 11.7. The molecule has 0 saturated heterocycles. The van der Waals surface area contributed by atoms with Gasteiger partial charge >= 0.3 is 5.97 Å². The third-order valence-electron chi connectivity index (χ3n) is 4.76. The molecule has 0 radical (unpaired) electrons. The lowest BCUT2D eigenvalue weighted by molar-refractivity contribution is -0.140. The number of nitrogens with one attached hydrogen (secondary N) is 1. The Balaban J connectivity index is 1.85. The maximum absolute atomic E-state index is 12.6. The van der Waals surface area contributed by atoms with E-state index >= 15 is 0 Å². The Morgan fingerprint density at radius 1 is 1.45 bits per heavy atom. The summed E-state index contributed by atoms with van der Waals surface area (Å²) in [4.78, 5) is 26.9. The topological polar surface area (TPSA) is 78.9 Å². The zero-order chi connectivity index (χ0) is 15.4. The number of rotatable bonds is 2. The van der Waals surface area contributed by atoms with Crippen molar-refractivity contribution in [1.29, 1.82) is 0 Å². The van der Waals surface area contributed by atoms with Crippen molar-refractivity contribution < 1.29 is 19.4 Å². The number of thiophene rings is 1. The van der Waals surface area contributed by atoms with Gasteiger partial charge in [-0.2, -0.15) is 0 Å². The molecule has 1 aromatic heterocycles. The van der Waals surface area contributed by atoms with Crippen molar-refractivity contribution in [3.8, 4) is 5.75 Å². The van der Waals surface area contributed by atoms with E-state index in [1.165, 1.54) is 11.3 Å². The third-order valence-corrected chi connectivity index (χ3v) is 6.55. The van der Waals surface area contributed by atoms with Gasteiger partial charge in [-0.3, -0.25) is 4.79 Å². The average molecular weight is 387 g/mol. The van der Waals surface area contributed by atoms with E-state index < -0.39 is 12.0 Å². The summed E-state index contributed by atoms with van der Waals surface area (Å²) < 4.78 is 6.40. The highest BCUT2D eigenvalue weighted by molar-refractivity contribution is 9.11. The van der Waals surface area contributed by atoms with Crippen LogP contribution < -0.4 is 15.0 Å². The van der Waals surface area contributed by atoms with Crippen LogP contribution in [0.3, 0.4) is 0 Å². The van der Waals surface area contributed by atoms with Gasteiger partial charge in [0, 0.05) is 0 Å². The summed E-state index contributed by atoms with van der Waals surface area (Å²) in [7, 11) is 0. The second kappa shape index (κ2) is 5.13. The number of hydrogen-bond acceptors (Lipinski definition) is 5. The maximum Gasteiger partial charge on any atom is 0.328 e. The summed E-state index contributed by atoms with van der Waals surface area (Å²) in [6.07, 6.45) is 3.05. The number of carbonyl (C=O) groups is 2. The molecular weight excluding hydrogens is 372 g/mol. The van der Waals surface area contributed by atoms with Crippen molar-refractivity contribution in [2.75, 3.05) is 18.1 Å². The molecule has 0 bridgehead atoms. The molecule has 8 heteroatoms. The Labute approximate surface area is 139 Å². The van der Waals surface area contributed by atoms with Crippen LogP contribution in [0.2, 0.25) is 0 Å². The highest BCUT2D eigenvalue weighted by Crippen LogP contribution is 2.50. The Morgan fingerprint density at radius 3 is 2.86 bits per heavy atom. The molecule has 1 aliphatic carbocycles. The fraction of sp³-hybridized carbons (Fsp3) is 0.571. The van der Waals surface area contributed by atoms with Gasteiger partial charge in [0.2, 0.25) is 0 Å². The van der Waals surface area contributed by atoms with E-state index in [1.807, 2.05) is 4.90 Å². The van der Waals surface area contributed by atoms with E-state index in [2.05, 4.69) is 21.2 Å². The summed E-state index contributed by atoms with van der Waals surface area (Å²) >= 11 is 4.72. The number of carbonyl (C=O) groups excluding carboxylic acids is 1. The van der Waals surface area contributed by atoms with Crippen molar-refractivity contribution in [2.45, 2.75) is 31.3 Å². The SMILES string of the molecule is O=C1N[C@@H](C2CCC2)[C@H](C(=O)O)N2CCOc3c(Br)sc1c32. The maximum atomic E-state index is 12.6. The molecule has 3 heterocycles. The van der Waals surface area contributed by atoms with E-state index in [9.17, 15) is 14.7 Å². The summed E-state index contributed by atoms with van der Waals surface area (Å²) in [5.41, 5.74) is 0.634. The Morgan fingerprint density at radius 2 is 2.23 bits per heavy atom. The number of anilines is 1. The van der Waals surface area contributed by atoms with Crippen molar-refractivity contribution >= 4 is 44.8 Å². The molecular formula is C14H15BrN2O4S. The van der Waals surface area contributed by atoms with Crippen LogP contribution in [0.15, 0.2) is 3.79 Å². The van der Waals surface area contributed by atoms with E-state index in [0.29, 0.717) is 29.5 Å². The molecule has 2 aliphatic heterocycles. The number of aliphatic carboxylic acids is 1. The molecule has 3 aliphatic rings. The van der Waals surface area contributed by atoms with Gasteiger partial charge < -0.3 is 20.1 Å². The number of hydrogen-bond donors (Lipinski definition) is 2. The number of nitrogens with zero attached hydrogens (tertiary/aromatic N) is 1. The van der Waals surface area contributed by atoms with E-state index in [-0.39, 0.29) is 17.9 Å². The fourth-order valence-electron chi connectivity index (χ4n) is 3.51. The molecule has 0 spiro atoms. The van der Waals surface area contributed by atoms with Gasteiger partial charge in [0.1, 0.15) is 27.0 Å². The number of halogens is 1. The van der Waals surface area contributed by atoms with Gasteiger partial charge in [-0.25, -0.2) is 4.79 Å². The first kappa shape index (κ1) is 14.3. The second-order valence-electron chi connectivity index (χ2n) is 5.90. The molecule has 6 nitrogen and oxygen atoms in total. The van der Waals surface area contributed by atoms with Crippen LogP contribution in [0, 0.1) is 5.92 Å². The first-order valence-corrected chi connectivity index (χ1v) is 8.94. The predicted molar refractivity (Wildman–Crippen MR) is 84.9 cm³/mol. The lowest BCUT2D eigenvalue weighted by Gasteiger charge is -2.41. The van der Waals surface area contributed by atoms with Gasteiger partial charge in [-0.05, 0) is 34.7 Å². The highest BCUT2D eigenvalue weighted by atomic mass is 79.9. The number of carboxylic acids is 1. The van der Waals surface area contributed by atoms with Crippen LogP contribution >= 0.6 is 27.3 Å². The largest absolute Gasteiger partial charge is 0.487 e. The molecule has 1 fully saturated rings. The fourth-order valence-corrected chi connectivity index (χ4v) is 5.18. The molecule has 1 amide bonds. The van der Waals surface area contributed by atoms with Crippen LogP contribution in [-0.4, -0.2) is 42.2 Å². The average Bonchev–Trinajstić information content (AvgIpc) is 2.69. The predicted octanol–water partition coefficient (Wildman–Crippen LogP) is 2.07.